The summed E-state index contributed by atoms with van der Waals surface area (Å²) < 4.78 is 30.8. The molecule has 2 aromatic carbocycles. The highest BCUT2D eigenvalue weighted by Crippen LogP contribution is 2.28. The molecule has 6 heteroatoms. The summed E-state index contributed by atoms with van der Waals surface area (Å²) in [6.45, 7) is 2.45. The van der Waals surface area contributed by atoms with Gasteiger partial charge in [0.25, 0.3) is 0 Å². The lowest BCUT2D eigenvalue weighted by Gasteiger charge is -2.09. The standard InChI is InChI=1S/C18H16ClNO3S/c1-2-10-23-18-9-8-15(19)11-14(18)12-17(13-20)24(21,22)16-6-4-3-5-7-16/h3-9,11-12H,2,10H2,1H3/b17-12+. The summed E-state index contributed by atoms with van der Waals surface area (Å²) in [5.41, 5.74) is 0.451. The smallest absolute Gasteiger partial charge is 0.216 e. The topological polar surface area (TPSA) is 67.2 Å². The van der Waals surface area contributed by atoms with Gasteiger partial charge in [0, 0.05) is 10.6 Å². The van der Waals surface area contributed by atoms with Gasteiger partial charge in [-0.05, 0) is 42.8 Å². The molecule has 0 aliphatic heterocycles. The van der Waals surface area contributed by atoms with Gasteiger partial charge in [-0.25, -0.2) is 8.42 Å². The molecule has 2 aromatic rings. The number of benzene rings is 2. The molecule has 0 unspecified atom stereocenters. The Hall–Kier alpha value is -2.29. The van der Waals surface area contributed by atoms with E-state index in [1.807, 2.05) is 6.92 Å². The molecule has 0 heterocycles. The van der Waals surface area contributed by atoms with Gasteiger partial charge < -0.3 is 4.74 Å². The first kappa shape index (κ1) is 18.1. The van der Waals surface area contributed by atoms with E-state index >= 15 is 0 Å². The summed E-state index contributed by atoms with van der Waals surface area (Å²) >= 11 is 5.99. The van der Waals surface area contributed by atoms with Crippen LogP contribution in [0, 0.1) is 11.3 Å². The second-order valence-corrected chi connectivity index (χ2v) is 7.32. The zero-order valence-electron chi connectivity index (χ0n) is 13.1. The third-order valence-electron chi connectivity index (χ3n) is 3.17. The average molecular weight is 362 g/mol. The lowest BCUT2D eigenvalue weighted by molar-refractivity contribution is 0.317. The number of sulfone groups is 1. The molecule has 0 saturated carbocycles. The number of halogens is 1. The zero-order chi connectivity index (χ0) is 17.6. The van der Waals surface area contributed by atoms with Crippen LogP contribution in [-0.4, -0.2) is 15.0 Å². The molecular weight excluding hydrogens is 346 g/mol. The minimum atomic E-state index is -3.90. The van der Waals surface area contributed by atoms with Crippen molar-refractivity contribution in [2.24, 2.45) is 0 Å². The van der Waals surface area contributed by atoms with Gasteiger partial charge in [0.2, 0.25) is 9.84 Å². The maximum Gasteiger partial charge on any atom is 0.216 e. The van der Waals surface area contributed by atoms with E-state index in [1.165, 1.54) is 18.2 Å². The van der Waals surface area contributed by atoms with Gasteiger partial charge in [0.15, 0.2) is 0 Å². The molecule has 4 nitrogen and oxygen atoms in total. The van der Waals surface area contributed by atoms with Gasteiger partial charge in [-0.1, -0.05) is 36.7 Å². The molecule has 0 fully saturated rings. The van der Waals surface area contributed by atoms with Crippen LogP contribution in [0.3, 0.4) is 0 Å². The van der Waals surface area contributed by atoms with Crippen LogP contribution in [0.2, 0.25) is 5.02 Å². The first-order valence-electron chi connectivity index (χ1n) is 7.33. The number of hydrogen-bond donors (Lipinski definition) is 0. The molecule has 0 aliphatic rings. The zero-order valence-corrected chi connectivity index (χ0v) is 14.6. The molecule has 0 atom stereocenters. The molecule has 0 aliphatic carbocycles. The minimum absolute atomic E-state index is 0.0656. The number of nitrogens with zero attached hydrogens (tertiary/aromatic N) is 1. The normalized spacial score (nSPS) is 11.8. The van der Waals surface area contributed by atoms with Gasteiger partial charge in [-0.15, -0.1) is 0 Å². The van der Waals surface area contributed by atoms with Gasteiger partial charge >= 0.3 is 0 Å². The summed E-state index contributed by atoms with van der Waals surface area (Å²) in [6, 6.07) is 14.5. The van der Waals surface area contributed by atoms with E-state index in [0.717, 1.165) is 6.42 Å². The molecule has 0 spiro atoms. The highest BCUT2D eigenvalue weighted by atomic mass is 35.5. The summed E-state index contributed by atoms with van der Waals surface area (Å²) in [4.78, 5) is -0.298. The summed E-state index contributed by atoms with van der Waals surface area (Å²) in [7, 11) is -3.90. The van der Waals surface area contributed by atoms with E-state index in [9.17, 15) is 13.7 Å². The quantitative estimate of drug-likeness (QED) is 0.712. The first-order valence-corrected chi connectivity index (χ1v) is 9.19. The molecular formula is C18H16ClNO3S. The number of hydrogen-bond acceptors (Lipinski definition) is 4. The minimum Gasteiger partial charge on any atom is -0.493 e. The Balaban J connectivity index is 2.52. The van der Waals surface area contributed by atoms with Crippen LogP contribution in [0.4, 0.5) is 0 Å². The number of allylic oxidation sites excluding steroid dienone is 1. The average Bonchev–Trinajstić information content (AvgIpc) is 2.59. The van der Waals surface area contributed by atoms with Crippen LogP contribution in [0.25, 0.3) is 6.08 Å². The number of ether oxygens (including phenoxy) is 1. The van der Waals surface area contributed by atoms with Crippen molar-refractivity contribution in [3.8, 4) is 11.8 Å². The highest BCUT2D eigenvalue weighted by molar-refractivity contribution is 7.95. The van der Waals surface area contributed by atoms with Crippen molar-refractivity contribution in [3.05, 3.63) is 64.0 Å². The van der Waals surface area contributed by atoms with Crippen molar-refractivity contribution < 1.29 is 13.2 Å². The van der Waals surface area contributed by atoms with Crippen molar-refractivity contribution in [2.75, 3.05) is 6.61 Å². The third kappa shape index (κ3) is 4.16. The van der Waals surface area contributed by atoms with Crippen molar-refractivity contribution in [3.63, 3.8) is 0 Å². The highest BCUT2D eigenvalue weighted by Gasteiger charge is 2.21. The SMILES string of the molecule is CCCOc1ccc(Cl)cc1/C=C(\C#N)S(=O)(=O)c1ccccc1. The van der Waals surface area contributed by atoms with E-state index in [0.29, 0.717) is 22.9 Å². The van der Waals surface area contributed by atoms with E-state index in [-0.39, 0.29) is 9.80 Å². The van der Waals surface area contributed by atoms with Crippen LogP contribution >= 0.6 is 11.6 Å². The van der Waals surface area contributed by atoms with Crippen molar-refractivity contribution >= 4 is 27.5 Å². The van der Waals surface area contributed by atoms with Crippen LogP contribution in [0.15, 0.2) is 58.3 Å². The Kier molecular flexibility index (Phi) is 6.02. The van der Waals surface area contributed by atoms with Crippen LogP contribution < -0.4 is 4.74 Å². The summed E-state index contributed by atoms with van der Waals surface area (Å²) in [6.07, 6.45) is 2.10. The van der Waals surface area contributed by atoms with Crippen LogP contribution in [0.5, 0.6) is 5.75 Å². The van der Waals surface area contributed by atoms with E-state index in [4.69, 9.17) is 16.3 Å². The first-order chi connectivity index (χ1) is 11.5. The molecule has 124 valence electrons. The number of rotatable bonds is 6. The fourth-order valence-electron chi connectivity index (χ4n) is 2.01. The maximum atomic E-state index is 12.6. The van der Waals surface area contributed by atoms with Crippen molar-refractivity contribution in [2.45, 2.75) is 18.2 Å². The summed E-state index contributed by atoms with van der Waals surface area (Å²) in [5.74, 6) is 0.484. The maximum absolute atomic E-state index is 12.6. The molecule has 0 saturated heterocycles. The van der Waals surface area contributed by atoms with Crippen LogP contribution in [-0.2, 0) is 9.84 Å². The molecule has 0 aromatic heterocycles. The number of nitriles is 1. The van der Waals surface area contributed by atoms with E-state index < -0.39 is 9.84 Å². The van der Waals surface area contributed by atoms with E-state index in [1.54, 1.807) is 42.5 Å². The molecule has 0 amide bonds. The fourth-order valence-corrected chi connectivity index (χ4v) is 3.37. The molecule has 0 radical (unpaired) electrons. The monoisotopic (exact) mass is 361 g/mol. The predicted octanol–water partition coefficient (Wildman–Crippen LogP) is 4.47. The molecule has 2 rings (SSSR count). The Morgan fingerprint density at radius 1 is 1.25 bits per heavy atom. The fraction of sp³-hybridized carbons (Fsp3) is 0.167. The second-order valence-electron chi connectivity index (χ2n) is 4.97. The third-order valence-corrected chi connectivity index (χ3v) is 5.09. The Bertz CT molecular complexity index is 884. The Labute approximate surface area is 146 Å². The molecule has 0 bridgehead atoms. The van der Waals surface area contributed by atoms with Crippen molar-refractivity contribution in [1.29, 1.82) is 5.26 Å². The lowest BCUT2D eigenvalue weighted by Crippen LogP contribution is -2.04. The summed E-state index contributed by atoms with van der Waals surface area (Å²) in [5, 5.41) is 9.78. The lowest BCUT2D eigenvalue weighted by atomic mass is 10.2. The van der Waals surface area contributed by atoms with Gasteiger partial charge in [0.05, 0.1) is 11.5 Å². The second kappa shape index (κ2) is 8.00. The van der Waals surface area contributed by atoms with Crippen molar-refractivity contribution in [1.82, 2.24) is 0 Å². The predicted molar refractivity (Wildman–Crippen MR) is 94.5 cm³/mol. The van der Waals surface area contributed by atoms with Gasteiger partial charge in [-0.3, -0.25) is 0 Å². The Morgan fingerprint density at radius 2 is 1.96 bits per heavy atom. The van der Waals surface area contributed by atoms with E-state index in [2.05, 4.69) is 0 Å². The van der Waals surface area contributed by atoms with Gasteiger partial charge in [-0.2, -0.15) is 5.26 Å². The molecule has 24 heavy (non-hydrogen) atoms. The van der Waals surface area contributed by atoms with Gasteiger partial charge in [0.1, 0.15) is 16.7 Å². The Morgan fingerprint density at radius 3 is 2.58 bits per heavy atom. The van der Waals surface area contributed by atoms with Crippen LogP contribution in [0.1, 0.15) is 18.9 Å². The molecule has 0 N–H and O–H groups in total. The largest absolute Gasteiger partial charge is 0.493 e.